The van der Waals surface area contributed by atoms with Crippen LogP contribution in [0, 0.1) is 12.3 Å². The number of amides is 4. The fourth-order valence-electron chi connectivity index (χ4n) is 11.0. The number of fused-ring (bicyclic) bond motifs is 1. The Bertz CT molecular complexity index is 3750. The molecular weight excluding hydrogens is 1130 g/mol. The molecule has 9 rings (SSSR count). The van der Waals surface area contributed by atoms with Gasteiger partial charge >= 0.3 is 5.69 Å². The maximum Gasteiger partial charge on any atom is 0.328 e. The van der Waals surface area contributed by atoms with Crippen molar-refractivity contribution in [3.8, 4) is 33.4 Å². The van der Waals surface area contributed by atoms with Gasteiger partial charge in [-0.1, -0.05) is 70.2 Å². The van der Waals surface area contributed by atoms with Crippen LogP contribution < -0.4 is 35.3 Å². The molecule has 7 aromatic rings. The number of rotatable bonds is 23. The SMILES string of the molecule is CCCOc1cc(OCCCCN(C)C)cc(Oc2cc3c(cc2NS(=O)(=O)c2cccc(C(=O)N4CCC(c5ccc(C(=O)NC(C(=O)N6CCC[C@H]6C(=O)NCc6ccc(-c7scnc7C)cc6)C(C)(C)C)cc5)CC4)c2)n(C)c(=O)n3C)c1. The minimum atomic E-state index is -4.36. The molecule has 4 amide bonds. The van der Waals surface area contributed by atoms with Crippen molar-refractivity contribution in [2.75, 3.05) is 58.2 Å². The second kappa shape index (κ2) is 27.1. The van der Waals surface area contributed by atoms with Crippen molar-refractivity contribution in [2.24, 2.45) is 19.5 Å². The largest absolute Gasteiger partial charge is 0.493 e. The van der Waals surface area contributed by atoms with Crippen molar-refractivity contribution in [1.82, 2.24) is 39.5 Å². The predicted octanol–water partition coefficient (Wildman–Crippen LogP) is 9.88. The molecule has 3 N–H and O–H groups in total. The number of likely N-dealkylation sites (tertiary alicyclic amines) is 2. The fraction of sp³-hybridized carbons (Fsp3) is 0.415. The van der Waals surface area contributed by atoms with Gasteiger partial charge in [-0.05, 0) is 137 Å². The molecule has 0 bridgehead atoms. The molecular formula is C65H79N9O10S2. The summed E-state index contributed by atoms with van der Waals surface area (Å²) in [7, 11) is 2.92. The second-order valence-electron chi connectivity index (χ2n) is 23.7. The molecule has 86 heavy (non-hydrogen) atoms. The Morgan fingerprint density at radius 2 is 1.48 bits per heavy atom. The highest BCUT2D eigenvalue weighted by molar-refractivity contribution is 7.92. The van der Waals surface area contributed by atoms with E-state index in [9.17, 15) is 32.4 Å². The van der Waals surface area contributed by atoms with Crippen molar-refractivity contribution in [2.45, 2.75) is 109 Å². The van der Waals surface area contributed by atoms with Crippen LogP contribution in [0.3, 0.4) is 0 Å². The molecule has 2 fully saturated rings. The first kappa shape index (κ1) is 62.5. The summed E-state index contributed by atoms with van der Waals surface area (Å²) in [6.45, 7) is 13.1. The molecule has 21 heteroatoms. The van der Waals surface area contributed by atoms with Gasteiger partial charge in [0.1, 0.15) is 29.3 Å². The van der Waals surface area contributed by atoms with Crippen LogP contribution in [0.25, 0.3) is 21.5 Å². The number of ether oxygens (including phenoxy) is 3. The second-order valence-corrected chi connectivity index (χ2v) is 26.2. The Morgan fingerprint density at radius 1 is 0.802 bits per heavy atom. The number of carbonyl (C=O) groups excluding carboxylic acids is 4. The topological polar surface area (TPSA) is 216 Å². The summed E-state index contributed by atoms with van der Waals surface area (Å²) in [5, 5.41) is 6.04. The monoisotopic (exact) mass is 1210 g/mol. The van der Waals surface area contributed by atoms with Gasteiger partial charge in [-0.2, -0.15) is 0 Å². The van der Waals surface area contributed by atoms with Crippen molar-refractivity contribution < 1.29 is 41.8 Å². The fourth-order valence-corrected chi connectivity index (χ4v) is 12.9. The normalized spacial score (nSPS) is 15.2. The summed E-state index contributed by atoms with van der Waals surface area (Å²) in [5.41, 5.74) is 6.45. The van der Waals surface area contributed by atoms with E-state index in [-0.39, 0.29) is 51.2 Å². The lowest BCUT2D eigenvalue weighted by Gasteiger charge is -2.35. The highest BCUT2D eigenvalue weighted by Crippen LogP contribution is 2.39. The number of unbranched alkanes of at least 4 members (excludes halogenated alkanes) is 1. The number of nitrogens with zero attached hydrogens (tertiary/aromatic N) is 6. The number of benzene rings is 5. The van der Waals surface area contributed by atoms with Gasteiger partial charge in [0.05, 0.1) is 50.9 Å². The van der Waals surface area contributed by atoms with Gasteiger partial charge in [0.25, 0.3) is 21.8 Å². The summed E-state index contributed by atoms with van der Waals surface area (Å²) in [5.74, 6) is 0.318. The third-order valence-electron chi connectivity index (χ3n) is 15.9. The van der Waals surface area contributed by atoms with E-state index in [1.165, 1.54) is 27.3 Å². The highest BCUT2D eigenvalue weighted by Gasteiger charge is 2.42. The average Bonchev–Trinajstić information content (AvgIpc) is 2.72. The highest BCUT2D eigenvalue weighted by atomic mass is 32.2. The van der Waals surface area contributed by atoms with Crippen LogP contribution in [0.4, 0.5) is 5.69 Å². The molecule has 2 atom stereocenters. The number of anilines is 1. The van der Waals surface area contributed by atoms with Crippen LogP contribution in [0.15, 0.2) is 118 Å². The van der Waals surface area contributed by atoms with Gasteiger partial charge in [-0.3, -0.25) is 33.0 Å². The van der Waals surface area contributed by atoms with Crippen molar-refractivity contribution in [3.05, 3.63) is 147 Å². The van der Waals surface area contributed by atoms with E-state index in [1.807, 2.05) is 90.6 Å². The summed E-state index contributed by atoms with van der Waals surface area (Å²) >= 11 is 1.58. The van der Waals surface area contributed by atoms with Gasteiger partial charge in [0, 0.05) is 75.7 Å². The standard InChI is InChI=1S/C65H79N9O10S2/c1-10-32-82-49-35-50(83-33-12-11-28-70(6)7)37-51(36-49)84-57-39-56-55(71(8)64(79)72(56)9)38-53(57)69-86(80,81)52-16-13-15-48(34-52)62(77)73-30-26-45(27-31-73)44-22-24-47(25-23-44)60(75)68-59(65(3,4)5)63(78)74-29-14-17-54(74)61(76)66-40-43-18-20-46(21-19-43)58-42(2)67-41-85-58/h13,15-16,18-25,34-39,41,45,54,59,69H,10-12,14,17,26-33,40H2,1-9H3,(H,66,76)(H,68,75)/t54-,59?/m0/s1. The quantitative estimate of drug-likeness (QED) is 0.0510. The molecule has 456 valence electrons. The predicted molar refractivity (Wildman–Crippen MR) is 335 cm³/mol. The van der Waals surface area contributed by atoms with Gasteiger partial charge in [0.15, 0.2) is 5.75 Å². The Labute approximate surface area is 507 Å². The molecule has 4 heterocycles. The van der Waals surface area contributed by atoms with Gasteiger partial charge in [-0.25, -0.2) is 18.2 Å². The third-order valence-corrected chi connectivity index (χ3v) is 18.3. The minimum Gasteiger partial charge on any atom is -0.493 e. The van der Waals surface area contributed by atoms with Gasteiger partial charge < -0.3 is 39.5 Å². The van der Waals surface area contributed by atoms with E-state index in [2.05, 4.69) is 25.2 Å². The van der Waals surface area contributed by atoms with E-state index in [0.29, 0.717) is 98.9 Å². The van der Waals surface area contributed by atoms with E-state index >= 15 is 0 Å². The summed E-state index contributed by atoms with van der Waals surface area (Å²) < 4.78 is 53.0. The van der Waals surface area contributed by atoms with E-state index in [1.54, 1.807) is 83.8 Å². The summed E-state index contributed by atoms with van der Waals surface area (Å²) in [6, 6.07) is 28.1. The van der Waals surface area contributed by atoms with Crippen LogP contribution in [0.5, 0.6) is 23.0 Å². The molecule has 2 aliphatic heterocycles. The molecule has 2 aliphatic rings. The lowest BCUT2D eigenvalue weighted by molar-refractivity contribution is -0.141. The molecule has 5 aromatic carbocycles. The summed E-state index contributed by atoms with van der Waals surface area (Å²) in [4.78, 5) is 79.9. The molecule has 19 nitrogen and oxygen atoms in total. The molecule has 0 radical (unpaired) electrons. The number of nitrogens with one attached hydrogen (secondary N) is 3. The minimum absolute atomic E-state index is 0.0625. The number of hydrogen-bond donors (Lipinski definition) is 3. The Balaban J connectivity index is 0.818. The van der Waals surface area contributed by atoms with Crippen LogP contribution in [0.1, 0.15) is 116 Å². The summed E-state index contributed by atoms with van der Waals surface area (Å²) in [6.07, 6.45) is 5.01. The molecule has 1 unspecified atom stereocenters. The molecule has 0 aliphatic carbocycles. The third kappa shape index (κ3) is 14.8. The number of hydrogen-bond acceptors (Lipinski definition) is 13. The van der Waals surface area contributed by atoms with Crippen molar-refractivity contribution in [1.29, 1.82) is 0 Å². The zero-order valence-corrected chi connectivity index (χ0v) is 52.2. The molecule has 0 saturated carbocycles. The lowest BCUT2D eigenvalue weighted by Crippen LogP contribution is -2.57. The first-order chi connectivity index (χ1) is 41.1. The number of sulfonamides is 1. The number of thiazole rings is 1. The van der Waals surface area contributed by atoms with Crippen molar-refractivity contribution in [3.63, 3.8) is 0 Å². The number of carbonyl (C=O) groups is 4. The van der Waals surface area contributed by atoms with Crippen LogP contribution in [-0.4, -0.2) is 126 Å². The van der Waals surface area contributed by atoms with Crippen LogP contribution in [-0.2, 0) is 40.3 Å². The first-order valence-electron chi connectivity index (χ1n) is 29.4. The van der Waals surface area contributed by atoms with E-state index in [4.69, 9.17) is 14.2 Å². The first-order valence-corrected chi connectivity index (χ1v) is 31.8. The van der Waals surface area contributed by atoms with Crippen LogP contribution >= 0.6 is 11.3 Å². The Hall–Kier alpha value is -8.01. The average molecular weight is 1210 g/mol. The Kier molecular flexibility index (Phi) is 19.7. The lowest BCUT2D eigenvalue weighted by atomic mass is 9.85. The zero-order chi connectivity index (χ0) is 61.5. The molecule has 0 spiro atoms. The van der Waals surface area contributed by atoms with Gasteiger partial charge in [-0.15, -0.1) is 11.3 Å². The number of aryl methyl sites for hydroxylation is 3. The maximum atomic E-state index is 14.4. The maximum absolute atomic E-state index is 14.4. The molecule has 2 aromatic heterocycles. The number of piperidine rings is 1. The van der Waals surface area contributed by atoms with Gasteiger partial charge in [0.2, 0.25) is 11.8 Å². The zero-order valence-electron chi connectivity index (χ0n) is 50.6. The number of aromatic nitrogens is 3. The number of imidazole rings is 1. The van der Waals surface area contributed by atoms with Crippen LogP contribution in [0.2, 0.25) is 0 Å². The Morgan fingerprint density at radius 3 is 2.13 bits per heavy atom. The molecule has 2 saturated heterocycles. The van der Waals surface area contributed by atoms with E-state index in [0.717, 1.165) is 53.1 Å². The smallest absolute Gasteiger partial charge is 0.328 e. The van der Waals surface area contributed by atoms with Crippen molar-refractivity contribution >= 4 is 61.7 Å². The van der Waals surface area contributed by atoms with E-state index < -0.39 is 33.4 Å².